The largest absolute Gasteiger partial charge is 0.379 e. The third kappa shape index (κ3) is 5.55. The third-order valence-electron chi connectivity index (χ3n) is 5.85. The molecule has 1 aliphatic rings. The molecule has 1 saturated heterocycles. The number of nitrogens with one attached hydrogen (secondary N) is 1. The van der Waals surface area contributed by atoms with Crippen LogP contribution in [0.25, 0.3) is 0 Å². The van der Waals surface area contributed by atoms with Crippen LogP contribution in [0, 0.1) is 5.92 Å². The summed E-state index contributed by atoms with van der Waals surface area (Å²) in [7, 11) is 0. The van der Waals surface area contributed by atoms with Crippen molar-refractivity contribution in [2.24, 2.45) is 5.92 Å². The smallest absolute Gasteiger partial charge is 0.134 e. The molecule has 1 fully saturated rings. The number of aromatic nitrogens is 4. The summed E-state index contributed by atoms with van der Waals surface area (Å²) in [6.07, 6.45) is 10.3. The molecule has 3 rings (SSSR count). The summed E-state index contributed by atoms with van der Waals surface area (Å²) in [6, 6.07) is 2.47. The van der Waals surface area contributed by atoms with Crippen LogP contribution in [0.5, 0.6) is 0 Å². The lowest BCUT2D eigenvalue weighted by Crippen LogP contribution is -2.45. The maximum atomic E-state index is 5.61. The second kappa shape index (κ2) is 9.52. The van der Waals surface area contributed by atoms with Gasteiger partial charge < -0.3 is 10.1 Å². The molecule has 0 radical (unpaired) electrons. The van der Waals surface area contributed by atoms with Gasteiger partial charge in [-0.3, -0.25) is 0 Å². The quantitative estimate of drug-likeness (QED) is 0.754. The van der Waals surface area contributed by atoms with Crippen LogP contribution in [0.4, 0.5) is 0 Å². The number of hydrogen-bond donors (Lipinski definition) is 1. The van der Waals surface area contributed by atoms with Gasteiger partial charge in [0.15, 0.2) is 0 Å². The highest BCUT2D eigenvalue weighted by molar-refractivity contribution is 5.16. The Morgan fingerprint density at radius 2 is 2.04 bits per heavy atom. The van der Waals surface area contributed by atoms with Crippen LogP contribution in [0.15, 0.2) is 31.0 Å². The molecule has 6 heteroatoms. The van der Waals surface area contributed by atoms with Crippen molar-refractivity contribution in [3.63, 3.8) is 0 Å². The van der Waals surface area contributed by atoms with Crippen molar-refractivity contribution in [3.8, 4) is 0 Å². The van der Waals surface area contributed by atoms with Crippen LogP contribution < -0.4 is 5.32 Å². The van der Waals surface area contributed by atoms with Crippen LogP contribution in [0.3, 0.4) is 0 Å². The number of nitrogens with zero attached hydrogens (tertiary/aromatic N) is 4. The molecule has 3 atom stereocenters. The molecule has 0 bridgehead atoms. The average molecular weight is 384 g/mol. The molecule has 152 valence electrons. The standard InChI is InChI=1S/C22H33N5O/c1-16(20-14-28-10-9-25-20)5-7-22(3,4)21-26-8-6-19(27-21)11-17(2)18-12-23-15-24-13-18/h6,8,12-13,15-17,20,25H,5,7,9-11,14H2,1-4H3. The predicted molar refractivity (Wildman–Crippen MR) is 110 cm³/mol. The summed E-state index contributed by atoms with van der Waals surface area (Å²) in [4.78, 5) is 17.8. The van der Waals surface area contributed by atoms with Crippen molar-refractivity contribution in [2.45, 2.75) is 64.3 Å². The zero-order valence-corrected chi connectivity index (χ0v) is 17.6. The van der Waals surface area contributed by atoms with E-state index in [1.165, 1.54) is 0 Å². The van der Waals surface area contributed by atoms with E-state index in [9.17, 15) is 0 Å². The first-order valence-electron chi connectivity index (χ1n) is 10.3. The molecule has 28 heavy (non-hydrogen) atoms. The maximum absolute atomic E-state index is 5.61. The molecular formula is C22H33N5O. The number of ether oxygens (including phenoxy) is 1. The van der Waals surface area contributed by atoms with E-state index in [-0.39, 0.29) is 5.41 Å². The van der Waals surface area contributed by atoms with Crippen LogP contribution in [0.2, 0.25) is 0 Å². The Hall–Kier alpha value is -1.92. The Morgan fingerprint density at radius 3 is 2.75 bits per heavy atom. The highest BCUT2D eigenvalue weighted by atomic mass is 16.5. The normalized spacial score (nSPS) is 19.9. The van der Waals surface area contributed by atoms with Crippen LogP contribution in [-0.2, 0) is 16.6 Å². The lowest BCUT2D eigenvalue weighted by Gasteiger charge is -2.31. The second-order valence-electron chi connectivity index (χ2n) is 8.68. The minimum absolute atomic E-state index is 0.0567. The van der Waals surface area contributed by atoms with Crippen molar-refractivity contribution in [1.29, 1.82) is 0 Å². The lowest BCUT2D eigenvalue weighted by molar-refractivity contribution is 0.0566. The highest BCUT2D eigenvalue weighted by Gasteiger charge is 2.27. The summed E-state index contributed by atoms with van der Waals surface area (Å²) in [6.45, 7) is 11.6. The van der Waals surface area contributed by atoms with Gasteiger partial charge in [-0.15, -0.1) is 0 Å². The van der Waals surface area contributed by atoms with E-state index in [1.807, 2.05) is 24.7 Å². The molecule has 0 saturated carbocycles. The summed E-state index contributed by atoms with van der Waals surface area (Å²) in [5, 5.41) is 3.57. The van der Waals surface area contributed by atoms with Crippen molar-refractivity contribution in [1.82, 2.24) is 25.3 Å². The van der Waals surface area contributed by atoms with E-state index >= 15 is 0 Å². The Balaban J connectivity index is 1.61. The van der Waals surface area contributed by atoms with Crippen molar-refractivity contribution < 1.29 is 4.74 Å². The first-order chi connectivity index (χ1) is 13.5. The van der Waals surface area contributed by atoms with E-state index in [4.69, 9.17) is 9.72 Å². The molecular weight excluding hydrogens is 350 g/mol. The Labute approximate surface area is 168 Å². The highest BCUT2D eigenvalue weighted by Crippen LogP contribution is 2.29. The van der Waals surface area contributed by atoms with Crippen LogP contribution in [0.1, 0.15) is 63.5 Å². The number of hydrogen-bond acceptors (Lipinski definition) is 6. The van der Waals surface area contributed by atoms with Gasteiger partial charge in [0.2, 0.25) is 0 Å². The van der Waals surface area contributed by atoms with Crippen molar-refractivity contribution >= 4 is 0 Å². The van der Waals surface area contributed by atoms with E-state index in [2.05, 4.69) is 48.0 Å². The predicted octanol–water partition coefficient (Wildman–Crippen LogP) is 3.30. The van der Waals surface area contributed by atoms with Gasteiger partial charge in [-0.05, 0) is 42.7 Å². The van der Waals surface area contributed by atoms with Gasteiger partial charge in [-0.25, -0.2) is 19.9 Å². The minimum atomic E-state index is -0.0567. The molecule has 0 spiro atoms. The summed E-state index contributed by atoms with van der Waals surface area (Å²) < 4.78 is 5.61. The van der Waals surface area contributed by atoms with Crippen LogP contribution in [-0.4, -0.2) is 45.7 Å². The molecule has 3 unspecified atom stereocenters. The van der Waals surface area contributed by atoms with Crippen LogP contribution >= 0.6 is 0 Å². The molecule has 1 N–H and O–H groups in total. The Morgan fingerprint density at radius 1 is 1.25 bits per heavy atom. The average Bonchev–Trinajstić information content (AvgIpc) is 2.73. The SMILES string of the molecule is CC(Cc1ccnc(C(C)(C)CCC(C)C2COCCN2)n1)c1cncnc1. The second-order valence-corrected chi connectivity index (χ2v) is 8.68. The molecule has 3 heterocycles. The van der Waals surface area contributed by atoms with E-state index in [0.717, 1.165) is 56.1 Å². The van der Waals surface area contributed by atoms with Gasteiger partial charge >= 0.3 is 0 Å². The minimum Gasteiger partial charge on any atom is -0.379 e. The Kier molecular flexibility index (Phi) is 7.08. The topological polar surface area (TPSA) is 72.8 Å². The molecule has 2 aromatic rings. The Bertz CT molecular complexity index is 731. The fourth-order valence-corrected chi connectivity index (χ4v) is 3.69. The summed E-state index contributed by atoms with van der Waals surface area (Å²) in [5.41, 5.74) is 2.15. The molecule has 0 aromatic carbocycles. The van der Waals surface area contributed by atoms with E-state index < -0.39 is 0 Å². The molecule has 1 aliphatic heterocycles. The van der Waals surface area contributed by atoms with Gasteiger partial charge in [0.05, 0.1) is 13.2 Å². The fraction of sp³-hybridized carbons (Fsp3) is 0.636. The molecule has 0 aliphatic carbocycles. The monoisotopic (exact) mass is 383 g/mol. The summed E-state index contributed by atoms with van der Waals surface area (Å²) >= 11 is 0. The fourth-order valence-electron chi connectivity index (χ4n) is 3.69. The van der Waals surface area contributed by atoms with E-state index in [0.29, 0.717) is 17.9 Å². The number of rotatable bonds is 8. The zero-order chi connectivity index (χ0) is 20.0. The van der Waals surface area contributed by atoms with Crippen molar-refractivity contribution in [3.05, 3.63) is 48.1 Å². The van der Waals surface area contributed by atoms with Gasteiger partial charge in [-0.1, -0.05) is 27.7 Å². The molecule has 6 nitrogen and oxygen atoms in total. The first-order valence-corrected chi connectivity index (χ1v) is 10.3. The zero-order valence-electron chi connectivity index (χ0n) is 17.6. The summed E-state index contributed by atoms with van der Waals surface area (Å²) in [5.74, 6) is 1.83. The third-order valence-corrected chi connectivity index (χ3v) is 5.85. The number of morpholine rings is 1. The van der Waals surface area contributed by atoms with Gasteiger partial charge in [-0.2, -0.15) is 0 Å². The maximum Gasteiger partial charge on any atom is 0.134 e. The first kappa shape index (κ1) is 20.8. The van der Waals surface area contributed by atoms with Crippen molar-refractivity contribution in [2.75, 3.05) is 19.8 Å². The molecule has 2 aromatic heterocycles. The lowest BCUT2D eigenvalue weighted by atomic mass is 9.82. The van der Waals surface area contributed by atoms with E-state index in [1.54, 1.807) is 6.33 Å². The van der Waals surface area contributed by atoms with Gasteiger partial charge in [0, 0.05) is 42.3 Å². The van der Waals surface area contributed by atoms with Gasteiger partial charge in [0.25, 0.3) is 0 Å². The molecule has 0 amide bonds. The van der Waals surface area contributed by atoms with Gasteiger partial charge in [0.1, 0.15) is 12.2 Å².